The molecular formula is C32H22N5NaO7S. The number of nitrogens with one attached hydrogen (secondary N) is 3. The summed E-state index contributed by atoms with van der Waals surface area (Å²) in [6.07, 6.45) is 0. The van der Waals surface area contributed by atoms with E-state index in [-0.39, 0.29) is 51.5 Å². The van der Waals surface area contributed by atoms with E-state index in [1.165, 1.54) is 36.4 Å². The molecule has 0 radical (unpaired) electrons. The SMILES string of the molecule is O=C(O)c1ccc2cc(Nc3cc(Nc4ccc5cc(C(=O)O)ccc5c4)nc(Nc4ccc(S(=O)(=O)[O-])cc4)n3)ccc2c1.[Na+]. The van der Waals surface area contributed by atoms with Gasteiger partial charge in [-0.3, -0.25) is 0 Å². The van der Waals surface area contributed by atoms with Gasteiger partial charge in [0.25, 0.3) is 0 Å². The summed E-state index contributed by atoms with van der Waals surface area (Å²) in [5.41, 5.74) is 2.15. The molecule has 0 saturated carbocycles. The number of aromatic nitrogens is 2. The van der Waals surface area contributed by atoms with E-state index in [0.717, 1.165) is 21.5 Å². The summed E-state index contributed by atoms with van der Waals surface area (Å²) in [6, 6.07) is 27.4. The third-order valence-electron chi connectivity index (χ3n) is 6.84. The Morgan fingerprint density at radius 2 is 0.978 bits per heavy atom. The topological polar surface area (TPSA) is 194 Å². The molecular weight excluding hydrogens is 621 g/mol. The fourth-order valence-electron chi connectivity index (χ4n) is 4.67. The number of nitrogens with zero attached hydrogens (tertiary/aromatic N) is 2. The fraction of sp³-hybridized carbons (Fsp3) is 0. The molecule has 1 aromatic heterocycles. The molecule has 6 aromatic rings. The molecule has 0 spiro atoms. The van der Waals surface area contributed by atoms with E-state index in [0.29, 0.717) is 28.7 Å². The smallest absolute Gasteiger partial charge is 0.744 e. The largest absolute Gasteiger partial charge is 1.00 e. The van der Waals surface area contributed by atoms with Crippen molar-refractivity contribution in [2.24, 2.45) is 0 Å². The number of benzene rings is 5. The van der Waals surface area contributed by atoms with Gasteiger partial charge in [0.05, 0.1) is 16.0 Å². The minimum Gasteiger partial charge on any atom is -0.744 e. The number of carboxylic acid groups (broad SMARTS) is 2. The van der Waals surface area contributed by atoms with Crippen molar-refractivity contribution in [3.63, 3.8) is 0 Å². The van der Waals surface area contributed by atoms with Gasteiger partial charge < -0.3 is 30.7 Å². The predicted octanol–water partition coefficient (Wildman–Crippen LogP) is 3.32. The maximum absolute atomic E-state index is 11.3. The molecule has 12 nitrogen and oxygen atoms in total. The summed E-state index contributed by atoms with van der Waals surface area (Å²) >= 11 is 0. The number of hydrogen-bond donors (Lipinski definition) is 5. The number of carbonyl (C=O) groups is 2. The van der Waals surface area contributed by atoms with Crippen molar-refractivity contribution in [1.29, 1.82) is 0 Å². The van der Waals surface area contributed by atoms with Gasteiger partial charge in [0.2, 0.25) is 5.95 Å². The molecule has 0 bridgehead atoms. The van der Waals surface area contributed by atoms with E-state index >= 15 is 0 Å². The third-order valence-corrected chi connectivity index (χ3v) is 7.69. The number of hydrogen-bond acceptors (Lipinski definition) is 10. The van der Waals surface area contributed by atoms with Crippen molar-refractivity contribution in [1.82, 2.24) is 9.97 Å². The molecule has 224 valence electrons. The van der Waals surface area contributed by atoms with Gasteiger partial charge in [0.15, 0.2) is 0 Å². The Kier molecular flexibility index (Phi) is 9.23. The van der Waals surface area contributed by atoms with Gasteiger partial charge >= 0.3 is 41.5 Å². The maximum atomic E-state index is 11.3. The first-order chi connectivity index (χ1) is 21.5. The second-order valence-corrected chi connectivity index (χ2v) is 11.4. The Hall–Kier alpha value is -5.05. The normalized spacial score (nSPS) is 11.1. The van der Waals surface area contributed by atoms with Gasteiger partial charge in [-0.05, 0) is 94.3 Å². The van der Waals surface area contributed by atoms with Crippen LogP contribution in [0.4, 0.5) is 34.6 Å². The van der Waals surface area contributed by atoms with E-state index in [4.69, 9.17) is 0 Å². The summed E-state index contributed by atoms with van der Waals surface area (Å²) in [6.45, 7) is 0. The Morgan fingerprint density at radius 1 is 0.565 bits per heavy atom. The van der Waals surface area contributed by atoms with Crippen LogP contribution in [0.25, 0.3) is 21.5 Å². The Morgan fingerprint density at radius 3 is 1.41 bits per heavy atom. The second-order valence-electron chi connectivity index (χ2n) is 9.98. The van der Waals surface area contributed by atoms with Crippen LogP contribution >= 0.6 is 0 Å². The minimum atomic E-state index is -4.61. The molecule has 0 atom stereocenters. The average Bonchev–Trinajstić information content (AvgIpc) is 3.00. The number of aromatic carboxylic acids is 2. The fourth-order valence-corrected chi connectivity index (χ4v) is 5.14. The Balaban J connectivity index is 0.00000417. The molecule has 0 saturated heterocycles. The zero-order valence-electron chi connectivity index (χ0n) is 24.1. The van der Waals surface area contributed by atoms with E-state index in [2.05, 4.69) is 25.9 Å². The number of fused-ring (bicyclic) bond motifs is 2. The Labute approximate surface area is 284 Å². The van der Waals surface area contributed by atoms with Gasteiger partial charge in [-0.1, -0.05) is 24.3 Å². The molecule has 5 aromatic carbocycles. The van der Waals surface area contributed by atoms with Gasteiger partial charge in [0.1, 0.15) is 21.8 Å². The first kappa shape index (κ1) is 32.3. The van der Waals surface area contributed by atoms with Gasteiger partial charge in [-0.2, -0.15) is 9.97 Å². The van der Waals surface area contributed by atoms with Crippen LogP contribution in [0.1, 0.15) is 20.7 Å². The van der Waals surface area contributed by atoms with Crippen molar-refractivity contribution in [3.8, 4) is 0 Å². The van der Waals surface area contributed by atoms with Crippen LogP contribution in [0, 0.1) is 0 Å². The summed E-state index contributed by atoms with van der Waals surface area (Å²) in [5, 5.41) is 31.2. The molecule has 0 fully saturated rings. The van der Waals surface area contributed by atoms with Crippen LogP contribution in [0.15, 0.2) is 108 Å². The van der Waals surface area contributed by atoms with Crippen molar-refractivity contribution in [2.75, 3.05) is 16.0 Å². The molecule has 0 unspecified atom stereocenters. The van der Waals surface area contributed by atoms with Crippen LogP contribution in [-0.4, -0.2) is 45.1 Å². The van der Waals surface area contributed by atoms with Crippen molar-refractivity contribution >= 4 is 78.2 Å². The minimum absolute atomic E-state index is 0. The molecule has 1 heterocycles. The molecule has 0 aliphatic rings. The van der Waals surface area contributed by atoms with Crippen LogP contribution in [-0.2, 0) is 10.1 Å². The first-order valence-electron chi connectivity index (χ1n) is 13.3. The predicted molar refractivity (Wildman–Crippen MR) is 168 cm³/mol. The third kappa shape index (κ3) is 7.42. The second kappa shape index (κ2) is 13.1. The van der Waals surface area contributed by atoms with Gasteiger partial charge in [-0.15, -0.1) is 0 Å². The van der Waals surface area contributed by atoms with Gasteiger partial charge in [-0.25, -0.2) is 18.0 Å². The van der Waals surface area contributed by atoms with E-state index in [1.807, 2.05) is 12.1 Å². The standard InChI is InChI=1S/C32H23N5O7S.Na/c38-30(39)22-3-1-20-15-25(7-5-18(20)13-22)33-28-17-29(34-26-8-6-19-14-23(31(40)41)4-2-21(19)16-26)37-32(36-28)35-24-9-11-27(12-10-24)45(42,43)44;/h1-17H,(H,38,39)(H,40,41)(H,42,43,44)(H3,33,34,35,36,37);/q;+1/p-1. The van der Waals surface area contributed by atoms with Gasteiger partial charge in [0, 0.05) is 23.1 Å². The number of carboxylic acids is 2. The summed E-state index contributed by atoms with van der Waals surface area (Å²) < 4.78 is 34.0. The quantitative estimate of drug-likeness (QED) is 0.114. The first-order valence-corrected chi connectivity index (χ1v) is 14.7. The zero-order valence-corrected chi connectivity index (χ0v) is 26.9. The summed E-state index contributed by atoms with van der Waals surface area (Å²) in [7, 11) is -4.61. The van der Waals surface area contributed by atoms with E-state index < -0.39 is 22.1 Å². The zero-order chi connectivity index (χ0) is 31.7. The molecule has 0 aliphatic carbocycles. The van der Waals surface area contributed by atoms with Crippen molar-refractivity contribution in [2.45, 2.75) is 4.90 Å². The average molecular weight is 644 g/mol. The van der Waals surface area contributed by atoms with E-state index in [9.17, 15) is 32.8 Å². The molecule has 6 rings (SSSR count). The van der Waals surface area contributed by atoms with Crippen LogP contribution in [0.5, 0.6) is 0 Å². The van der Waals surface area contributed by atoms with Crippen molar-refractivity contribution < 1.29 is 62.3 Å². The van der Waals surface area contributed by atoms with Crippen LogP contribution in [0.3, 0.4) is 0 Å². The van der Waals surface area contributed by atoms with Crippen LogP contribution in [0.2, 0.25) is 0 Å². The molecule has 0 amide bonds. The summed E-state index contributed by atoms with van der Waals surface area (Å²) in [4.78, 5) is 31.4. The van der Waals surface area contributed by atoms with E-state index in [1.54, 1.807) is 54.6 Å². The molecule has 14 heteroatoms. The molecule has 46 heavy (non-hydrogen) atoms. The van der Waals surface area contributed by atoms with Crippen molar-refractivity contribution in [3.05, 3.63) is 114 Å². The molecule has 0 aliphatic heterocycles. The molecule has 5 N–H and O–H groups in total. The summed E-state index contributed by atoms with van der Waals surface area (Å²) in [5.74, 6) is -1.09. The monoisotopic (exact) mass is 643 g/mol. The maximum Gasteiger partial charge on any atom is 1.00 e. The Bertz CT molecular complexity index is 2130. The van der Waals surface area contributed by atoms with Crippen LogP contribution < -0.4 is 45.5 Å². The number of rotatable bonds is 9. The number of anilines is 6.